The van der Waals surface area contributed by atoms with Crippen molar-refractivity contribution in [2.45, 2.75) is 32.6 Å². The highest BCUT2D eigenvalue weighted by Crippen LogP contribution is 1.96. The Labute approximate surface area is 76.9 Å². The van der Waals surface area contributed by atoms with E-state index in [4.69, 9.17) is 0 Å². The van der Waals surface area contributed by atoms with Gasteiger partial charge in [-0.15, -0.1) is 0 Å². The minimum absolute atomic E-state index is 0.999. The lowest BCUT2D eigenvalue weighted by Gasteiger charge is -1.86. The quantitative estimate of drug-likeness (QED) is 0.408. The van der Waals surface area contributed by atoms with Crippen LogP contribution in [0.5, 0.6) is 0 Å². The van der Waals surface area contributed by atoms with Crippen LogP contribution in [0.3, 0.4) is 0 Å². The van der Waals surface area contributed by atoms with Crippen molar-refractivity contribution in [2.75, 3.05) is 0 Å². The van der Waals surface area contributed by atoms with Gasteiger partial charge in [0.15, 0.2) is 0 Å². The Bertz CT molecular complexity index is 172. The van der Waals surface area contributed by atoms with Crippen LogP contribution in [0.2, 0.25) is 0 Å². The molecule has 0 aromatic carbocycles. The second kappa shape index (κ2) is 8.85. The zero-order chi connectivity index (χ0) is 7.66. The van der Waals surface area contributed by atoms with Crippen LogP contribution >= 0.6 is 22.6 Å². The summed E-state index contributed by atoms with van der Waals surface area (Å²) in [6, 6.07) is 0. The van der Waals surface area contributed by atoms with E-state index in [1.54, 1.807) is 0 Å². The minimum Gasteiger partial charge on any atom is -0.0891 e. The molecule has 10 heavy (non-hydrogen) atoms. The summed E-state index contributed by atoms with van der Waals surface area (Å²) in [7, 11) is 0. The number of hydrogen-bond donors (Lipinski definition) is 0. The van der Waals surface area contributed by atoms with Gasteiger partial charge in [-0.25, -0.2) is 0 Å². The van der Waals surface area contributed by atoms with Gasteiger partial charge in [-0.05, 0) is 22.2 Å². The van der Waals surface area contributed by atoms with Gasteiger partial charge in [0, 0.05) is 29.0 Å². The van der Waals surface area contributed by atoms with Crippen LogP contribution in [0, 0.1) is 21.7 Å². The van der Waals surface area contributed by atoms with Crippen molar-refractivity contribution in [3.63, 3.8) is 0 Å². The monoisotopic (exact) mass is 246 g/mol. The molecule has 0 bridgehead atoms. The van der Waals surface area contributed by atoms with E-state index in [1.807, 2.05) is 22.6 Å². The van der Waals surface area contributed by atoms with Crippen LogP contribution in [-0.4, -0.2) is 0 Å². The summed E-state index contributed by atoms with van der Waals surface area (Å²) in [4.78, 5) is 0. The van der Waals surface area contributed by atoms with E-state index in [0.717, 1.165) is 6.42 Å². The van der Waals surface area contributed by atoms with Crippen LogP contribution in [-0.2, 0) is 0 Å². The standard InChI is InChI=1S/C9H11I/c1-2-3-4-5-6-7-8-9-10/h2-5H2,1H3. The zero-order valence-corrected chi connectivity index (χ0v) is 8.36. The summed E-state index contributed by atoms with van der Waals surface area (Å²) in [6.07, 6.45) is 4.76. The van der Waals surface area contributed by atoms with Crippen molar-refractivity contribution in [1.82, 2.24) is 0 Å². The summed E-state index contributed by atoms with van der Waals surface area (Å²) in [6.45, 7) is 2.19. The van der Waals surface area contributed by atoms with Crippen molar-refractivity contribution < 1.29 is 0 Å². The Morgan fingerprint density at radius 1 is 1.20 bits per heavy atom. The van der Waals surface area contributed by atoms with Crippen molar-refractivity contribution in [2.24, 2.45) is 0 Å². The van der Waals surface area contributed by atoms with Gasteiger partial charge in [-0.3, -0.25) is 0 Å². The Hall–Kier alpha value is -0.150. The molecule has 0 aromatic rings. The van der Waals surface area contributed by atoms with E-state index in [9.17, 15) is 0 Å². The molecule has 0 saturated heterocycles. The van der Waals surface area contributed by atoms with Gasteiger partial charge < -0.3 is 0 Å². The maximum absolute atomic E-state index is 2.99. The van der Waals surface area contributed by atoms with E-state index < -0.39 is 0 Å². The van der Waals surface area contributed by atoms with Crippen LogP contribution in [0.4, 0.5) is 0 Å². The van der Waals surface area contributed by atoms with Gasteiger partial charge in [-0.1, -0.05) is 25.7 Å². The number of rotatable bonds is 3. The van der Waals surface area contributed by atoms with Gasteiger partial charge >= 0.3 is 0 Å². The predicted octanol–water partition coefficient (Wildman–Crippen LogP) is 2.97. The topological polar surface area (TPSA) is 0 Å². The first kappa shape index (κ1) is 9.85. The summed E-state index contributed by atoms with van der Waals surface area (Å²) >= 11 is 1.99. The third kappa shape index (κ3) is 7.85. The normalized spacial score (nSPS) is 7.00. The molecular weight excluding hydrogens is 235 g/mol. The smallest absolute Gasteiger partial charge is 0.0192 e. The molecule has 0 radical (unpaired) electrons. The molecule has 0 aromatic heterocycles. The van der Waals surface area contributed by atoms with Crippen LogP contribution in [0.1, 0.15) is 32.6 Å². The fraction of sp³-hybridized carbons (Fsp3) is 0.556. The van der Waals surface area contributed by atoms with Gasteiger partial charge in [0.2, 0.25) is 0 Å². The molecule has 0 amide bonds. The predicted molar refractivity (Wildman–Crippen MR) is 53.7 cm³/mol. The third-order valence-corrected chi connectivity index (χ3v) is 1.37. The molecule has 0 nitrogen and oxygen atoms in total. The first-order valence-corrected chi connectivity index (χ1v) is 4.58. The fourth-order valence-electron chi connectivity index (χ4n) is 0.594. The molecule has 0 unspecified atom stereocenters. The summed E-state index contributed by atoms with van der Waals surface area (Å²) in [5.41, 5.74) is 0. The lowest BCUT2D eigenvalue weighted by molar-refractivity contribution is 0.737. The van der Waals surface area contributed by atoms with Crippen molar-refractivity contribution in [3.05, 3.63) is 0 Å². The molecule has 0 heterocycles. The van der Waals surface area contributed by atoms with E-state index >= 15 is 0 Å². The second-order valence-corrected chi connectivity index (χ2v) is 2.52. The summed E-state index contributed by atoms with van der Waals surface area (Å²) in [5, 5.41) is 0. The maximum atomic E-state index is 2.99. The first-order valence-electron chi connectivity index (χ1n) is 3.50. The maximum Gasteiger partial charge on any atom is 0.0192 e. The molecule has 1 heteroatoms. The largest absolute Gasteiger partial charge is 0.0891 e. The lowest BCUT2D eigenvalue weighted by atomic mass is 10.2. The molecule has 0 aliphatic carbocycles. The summed E-state index contributed by atoms with van der Waals surface area (Å²) in [5.74, 6) is 8.47. The lowest BCUT2D eigenvalue weighted by Crippen LogP contribution is -1.69. The number of halogens is 1. The first-order chi connectivity index (χ1) is 4.91. The van der Waals surface area contributed by atoms with Crippen LogP contribution in [0.25, 0.3) is 0 Å². The molecule has 0 aliphatic rings. The molecule has 0 saturated carbocycles. The van der Waals surface area contributed by atoms with Gasteiger partial charge in [0.05, 0.1) is 0 Å². The Balaban J connectivity index is 3.17. The Morgan fingerprint density at radius 3 is 2.60 bits per heavy atom. The molecule has 0 atom stereocenters. The summed E-state index contributed by atoms with van der Waals surface area (Å²) < 4.78 is 2.70. The average molecular weight is 246 g/mol. The van der Waals surface area contributed by atoms with E-state index in [2.05, 4.69) is 28.6 Å². The fourth-order valence-corrected chi connectivity index (χ4v) is 0.729. The van der Waals surface area contributed by atoms with Crippen LogP contribution in [0.15, 0.2) is 0 Å². The average Bonchev–Trinajstić information content (AvgIpc) is 1.97. The SMILES string of the molecule is CCCCCC#CC#CI. The second-order valence-electron chi connectivity index (χ2n) is 1.98. The van der Waals surface area contributed by atoms with Crippen molar-refractivity contribution >= 4 is 22.6 Å². The van der Waals surface area contributed by atoms with Crippen molar-refractivity contribution in [3.8, 4) is 21.7 Å². The van der Waals surface area contributed by atoms with Crippen molar-refractivity contribution in [1.29, 1.82) is 0 Å². The highest BCUT2D eigenvalue weighted by atomic mass is 127. The van der Waals surface area contributed by atoms with E-state index in [-0.39, 0.29) is 0 Å². The Morgan fingerprint density at radius 2 is 2.00 bits per heavy atom. The molecule has 0 spiro atoms. The number of unbranched alkanes of at least 4 members (excludes halogenated alkanes) is 3. The van der Waals surface area contributed by atoms with Gasteiger partial charge in [0.1, 0.15) is 0 Å². The molecule has 0 aliphatic heterocycles. The molecular formula is C9H11I. The minimum atomic E-state index is 0.999. The molecule has 0 rings (SSSR count). The molecule has 0 fully saturated rings. The highest BCUT2D eigenvalue weighted by Gasteiger charge is 1.78. The van der Waals surface area contributed by atoms with Crippen LogP contribution < -0.4 is 0 Å². The number of hydrogen-bond acceptors (Lipinski definition) is 0. The molecule has 0 N–H and O–H groups in total. The Kier molecular flexibility index (Phi) is 8.72. The third-order valence-electron chi connectivity index (χ3n) is 1.10. The van der Waals surface area contributed by atoms with Gasteiger partial charge in [0.25, 0.3) is 0 Å². The highest BCUT2D eigenvalue weighted by molar-refractivity contribution is 14.1. The van der Waals surface area contributed by atoms with E-state index in [0.29, 0.717) is 0 Å². The van der Waals surface area contributed by atoms with E-state index in [1.165, 1.54) is 19.3 Å². The molecule has 54 valence electrons. The zero-order valence-electron chi connectivity index (χ0n) is 6.21. The van der Waals surface area contributed by atoms with Gasteiger partial charge in [-0.2, -0.15) is 0 Å².